The Balaban J connectivity index is 2.20. The third-order valence-electron chi connectivity index (χ3n) is 3.35. The van der Waals surface area contributed by atoms with E-state index in [-0.39, 0.29) is 5.78 Å². The monoisotopic (exact) mass is 287 g/mol. The van der Waals surface area contributed by atoms with E-state index in [9.17, 15) is 14.1 Å². The normalized spacial score (nSPS) is 23.3. The maximum Gasteiger partial charge on any atom is 0.337 e. The highest BCUT2D eigenvalue weighted by atomic mass is 32.2. The van der Waals surface area contributed by atoms with Crippen molar-refractivity contribution < 1.29 is 18.9 Å². The van der Waals surface area contributed by atoms with E-state index in [1.54, 1.807) is 30.4 Å². The molecule has 2 unspecified atom stereocenters. The summed E-state index contributed by atoms with van der Waals surface area (Å²) < 4.78 is 17.2. The number of rotatable bonds is 1. The second kappa shape index (κ2) is 4.85. The van der Waals surface area contributed by atoms with Crippen LogP contribution < -0.4 is 0 Å². The zero-order valence-corrected chi connectivity index (χ0v) is 11.5. The zero-order valence-electron chi connectivity index (χ0n) is 10.7. The van der Waals surface area contributed by atoms with Gasteiger partial charge in [-0.1, -0.05) is 24.3 Å². The lowest BCUT2D eigenvalue weighted by Gasteiger charge is -2.32. The second-order valence-corrected chi connectivity index (χ2v) is 5.91. The van der Waals surface area contributed by atoms with Crippen LogP contribution in [0, 0.1) is 5.92 Å². The number of hydrogen-bond acceptors (Lipinski definition) is 4. The highest BCUT2D eigenvalue weighted by Crippen LogP contribution is 2.38. The summed E-state index contributed by atoms with van der Waals surface area (Å²) in [5, 5.41) is 0. The van der Waals surface area contributed by atoms with E-state index in [2.05, 4.69) is 4.74 Å². The lowest BCUT2D eigenvalue weighted by Crippen LogP contribution is -2.27. The molecule has 4 nitrogen and oxygen atoms in total. The van der Waals surface area contributed by atoms with Crippen molar-refractivity contribution in [2.45, 2.75) is 4.90 Å². The van der Waals surface area contributed by atoms with Gasteiger partial charge in [0.2, 0.25) is 0 Å². The van der Waals surface area contributed by atoms with Crippen molar-refractivity contribution >= 4 is 27.4 Å². The van der Waals surface area contributed by atoms with Crippen molar-refractivity contribution in [1.82, 2.24) is 0 Å². The molecular formula is C15H11O4S-. The highest BCUT2D eigenvalue weighted by Gasteiger charge is 2.29. The van der Waals surface area contributed by atoms with Crippen molar-refractivity contribution in [3.8, 4) is 0 Å². The van der Waals surface area contributed by atoms with Crippen molar-refractivity contribution in [1.29, 1.82) is 0 Å². The fraction of sp³-hybridized carbons (Fsp3) is 0.133. The molecule has 0 bridgehead atoms. The van der Waals surface area contributed by atoms with Crippen LogP contribution in [0.25, 0.3) is 0 Å². The number of Topliss-reactive ketones (excluding diaryl/α,β-unsaturated/α-hetero) is 1. The Labute approximate surface area is 118 Å². The maximum absolute atomic E-state index is 12.5. The first-order chi connectivity index (χ1) is 9.63. The van der Waals surface area contributed by atoms with E-state index in [0.29, 0.717) is 20.9 Å². The summed E-state index contributed by atoms with van der Waals surface area (Å²) in [6.45, 7) is 0. The van der Waals surface area contributed by atoms with E-state index in [0.717, 1.165) is 0 Å². The fourth-order valence-corrected chi connectivity index (χ4v) is 3.81. The molecule has 0 saturated heterocycles. The van der Waals surface area contributed by atoms with Gasteiger partial charge in [-0.05, 0) is 23.1 Å². The Hall–Kier alpha value is -1.98. The van der Waals surface area contributed by atoms with Gasteiger partial charge in [0.15, 0.2) is 5.78 Å². The van der Waals surface area contributed by atoms with Crippen molar-refractivity contribution in [2.24, 2.45) is 5.92 Å². The Morgan fingerprint density at radius 2 is 2.15 bits per heavy atom. The van der Waals surface area contributed by atoms with E-state index in [4.69, 9.17) is 0 Å². The van der Waals surface area contributed by atoms with Crippen molar-refractivity contribution in [3.63, 3.8) is 0 Å². The molecule has 1 aromatic carbocycles. The van der Waals surface area contributed by atoms with E-state index in [1.807, 2.05) is 0 Å². The molecule has 2 atom stereocenters. The molecule has 1 aromatic rings. The van der Waals surface area contributed by atoms with Gasteiger partial charge in [-0.3, -0.25) is 4.79 Å². The third-order valence-corrected chi connectivity index (χ3v) is 4.90. The van der Waals surface area contributed by atoms with Crippen LogP contribution in [0.5, 0.6) is 0 Å². The number of fused-ring (bicyclic) bond motifs is 2. The Kier molecular flexibility index (Phi) is 3.16. The summed E-state index contributed by atoms with van der Waals surface area (Å²) in [5.74, 6) is -1.06. The van der Waals surface area contributed by atoms with Gasteiger partial charge in [-0.15, -0.1) is 0 Å². The number of ether oxygens (including phenoxy) is 1. The van der Waals surface area contributed by atoms with Crippen LogP contribution in [-0.4, -0.2) is 28.3 Å². The summed E-state index contributed by atoms with van der Waals surface area (Å²) >= 11 is 0. The average molecular weight is 287 g/mol. The molecule has 3 rings (SSSR count). The largest absolute Gasteiger partial charge is 0.799 e. The molecule has 1 heterocycles. The number of carbonyl (C=O) groups is 2. The molecule has 2 aliphatic rings. The third kappa shape index (κ3) is 1.87. The van der Waals surface area contributed by atoms with Gasteiger partial charge < -0.3 is 9.29 Å². The van der Waals surface area contributed by atoms with Gasteiger partial charge in [0.1, 0.15) is 0 Å². The van der Waals surface area contributed by atoms with Gasteiger partial charge in [0.25, 0.3) is 0 Å². The lowest BCUT2D eigenvalue weighted by molar-refractivity contribution is 0.0600. The first-order valence-electron chi connectivity index (χ1n) is 6.03. The zero-order chi connectivity index (χ0) is 14.3. The Morgan fingerprint density at radius 3 is 2.90 bits per heavy atom. The van der Waals surface area contributed by atoms with Crippen LogP contribution in [0.3, 0.4) is 0 Å². The molecule has 0 aromatic heterocycles. The van der Waals surface area contributed by atoms with Crippen LogP contribution in [0.15, 0.2) is 47.4 Å². The molecule has 0 radical (unpaired) electrons. The van der Waals surface area contributed by atoms with Crippen LogP contribution in [0.2, 0.25) is 0 Å². The minimum absolute atomic E-state index is 0.0911. The summed E-state index contributed by atoms with van der Waals surface area (Å²) in [4.78, 5) is 24.9. The van der Waals surface area contributed by atoms with Gasteiger partial charge >= 0.3 is 5.97 Å². The standard InChI is InChI=1S/C15H11O4S/c1-19-15(17)9-6-7-11-13(8-9)20(18)12-5-3-2-4-10(12)14(11)16/h2-8,10H,1H3/q-1. The molecule has 5 heteroatoms. The van der Waals surface area contributed by atoms with Crippen LogP contribution >= 0.6 is 10.8 Å². The number of benzene rings is 1. The van der Waals surface area contributed by atoms with Crippen molar-refractivity contribution in [2.75, 3.05) is 7.11 Å². The van der Waals surface area contributed by atoms with E-state index in [1.165, 1.54) is 19.2 Å². The quantitative estimate of drug-likeness (QED) is 0.587. The van der Waals surface area contributed by atoms with Gasteiger partial charge in [0.05, 0.1) is 18.6 Å². The smallest absolute Gasteiger partial charge is 0.337 e. The molecule has 1 aliphatic heterocycles. The lowest BCUT2D eigenvalue weighted by atomic mass is 9.91. The molecule has 102 valence electrons. The summed E-state index contributed by atoms with van der Waals surface area (Å²) in [6, 6.07) is 4.54. The van der Waals surface area contributed by atoms with E-state index >= 15 is 0 Å². The number of esters is 1. The first kappa shape index (κ1) is 13.0. The number of ketones is 1. The van der Waals surface area contributed by atoms with Crippen LogP contribution in [0.4, 0.5) is 0 Å². The van der Waals surface area contributed by atoms with Crippen LogP contribution in [0.1, 0.15) is 20.7 Å². The Bertz CT molecular complexity index is 713. The second-order valence-electron chi connectivity index (χ2n) is 4.46. The average Bonchev–Trinajstić information content (AvgIpc) is 2.51. The SMILES string of the molecule is COC(=O)c1ccc2c(c1)S([O-])=C1C=CC=CC1C2=O. The van der Waals surface area contributed by atoms with Gasteiger partial charge in [-0.25, -0.2) is 15.6 Å². The molecule has 0 fully saturated rings. The fourth-order valence-electron chi connectivity index (χ4n) is 2.34. The molecule has 0 N–H and O–H groups in total. The number of allylic oxidation sites excluding steroid dienone is 4. The van der Waals surface area contributed by atoms with Gasteiger partial charge in [0, 0.05) is 10.5 Å². The maximum atomic E-state index is 12.5. The summed E-state index contributed by atoms with van der Waals surface area (Å²) in [7, 11) is -0.150. The molecule has 20 heavy (non-hydrogen) atoms. The topological polar surface area (TPSA) is 66.4 Å². The Morgan fingerprint density at radius 1 is 1.35 bits per heavy atom. The van der Waals surface area contributed by atoms with Crippen molar-refractivity contribution in [3.05, 3.63) is 53.6 Å². The number of hydrogen-bond donors (Lipinski definition) is 0. The molecular weight excluding hydrogens is 276 g/mol. The summed E-state index contributed by atoms with van der Waals surface area (Å²) in [5.41, 5.74) is 0.700. The minimum atomic E-state index is -1.43. The predicted molar refractivity (Wildman–Crippen MR) is 75.5 cm³/mol. The minimum Gasteiger partial charge on any atom is -0.799 e. The highest BCUT2D eigenvalue weighted by molar-refractivity contribution is 8.11. The predicted octanol–water partition coefficient (Wildman–Crippen LogP) is 2.34. The van der Waals surface area contributed by atoms with Gasteiger partial charge in [-0.2, -0.15) is 0 Å². The molecule has 0 spiro atoms. The number of methoxy groups -OCH3 is 1. The van der Waals surface area contributed by atoms with E-state index < -0.39 is 22.7 Å². The first-order valence-corrected chi connectivity index (χ1v) is 7.18. The summed E-state index contributed by atoms with van der Waals surface area (Å²) in [6.07, 6.45) is 6.97. The molecule has 0 saturated carbocycles. The molecule has 1 aliphatic carbocycles. The van der Waals surface area contributed by atoms with Crippen LogP contribution in [-0.2, 0) is 4.74 Å². The number of carbonyl (C=O) groups excluding carboxylic acids is 2. The molecule has 0 amide bonds.